The van der Waals surface area contributed by atoms with Crippen molar-refractivity contribution in [3.63, 3.8) is 0 Å². The summed E-state index contributed by atoms with van der Waals surface area (Å²) < 4.78 is -1.35. The maximum absolute atomic E-state index is 5.48. The first-order valence-electron chi connectivity index (χ1n) is 2.23. The van der Waals surface area contributed by atoms with Gasteiger partial charge in [-0.15, -0.1) is 0 Å². The van der Waals surface area contributed by atoms with E-state index < -0.39 is 3.79 Å². The van der Waals surface area contributed by atoms with Crippen molar-refractivity contribution in [3.8, 4) is 0 Å². The molecule has 1 radical (unpaired) electrons. The van der Waals surface area contributed by atoms with Gasteiger partial charge in [0.15, 0.2) is 0 Å². The minimum atomic E-state index is -1.35. The Morgan fingerprint density at radius 3 is 2.33 bits per heavy atom. The molecule has 4 heteroatoms. The number of H-pyrrole nitrogens is 1. The molecule has 1 aromatic heterocycles. The van der Waals surface area contributed by atoms with Crippen molar-refractivity contribution in [1.82, 2.24) is 4.98 Å². The van der Waals surface area contributed by atoms with Crippen LogP contribution >= 0.6 is 34.8 Å². The Morgan fingerprint density at radius 2 is 2.11 bits per heavy atom. The molecule has 0 fully saturated rings. The molecule has 1 rings (SSSR count). The van der Waals surface area contributed by atoms with E-state index in [4.69, 9.17) is 34.8 Å². The number of hydrogen-bond acceptors (Lipinski definition) is 0. The lowest BCUT2D eigenvalue weighted by atomic mass is 10.4. The molecule has 49 valence electrons. The molecule has 0 saturated carbocycles. The Balaban J connectivity index is 2.90. The van der Waals surface area contributed by atoms with Crippen molar-refractivity contribution in [1.29, 1.82) is 0 Å². The standard InChI is InChI=1S/C5H3Cl3N/c6-5(7,8)4-1-2-9-3-4/h1-2,9H. The monoisotopic (exact) mass is 182 g/mol. The lowest BCUT2D eigenvalue weighted by Crippen LogP contribution is -1.96. The molecule has 0 amide bonds. The van der Waals surface area contributed by atoms with Gasteiger partial charge in [0.2, 0.25) is 3.79 Å². The molecule has 1 heterocycles. The van der Waals surface area contributed by atoms with Gasteiger partial charge < -0.3 is 4.98 Å². The van der Waals surface area contributed by atoms with E-state index in [0.29, 0.717) is 5.56 Å². The Hall–Kier alpha value is 0.150. The number of rotatable bonds is 0. The third kappa shape index (κ3) is 1.78. The molecular weight excluding hydrogens is 180 g/mol. The summed E-state index contributed by atoms with van der Waals surface area (Å²) in [6.45, 7) is 0. The van der Waals surface area contributed by atoms with Gasteiger partial charge in [0, 0.05) is 11.8 Å². The quantitative estimate of drug-likeness (QED) is 0.595. The SMILES string of the molecule is ClC(Cl)(Cl)c1[c][nH]cc1. The maximum atomic E-state index is 5.48. The van der Waals surface area contributed by atoms with Crippen LogP contribution in [0.15, 0.2) is 12.3 Å². The van der Waals surface area contributed by atoms with Gasteiger partial charge in [0.25, 0.3) is 0 Å². The van der Waals surface area contributed by atoms with Crippen LogP contribution < -0.4 is 0 Å². The van der Waals surface area contributed by atoms with E-state index in [2.05, 4.69) is 11.2 Å². The first kappa shape index (κ1) is 7.26. The van der Waals surface area contributed by atoms with Crippen LogP contribution in [0, 0.1) is 6.20 Å². The highest BCUT2D eigenvalue weighted by Crippen LogP contribution is 2.37. The second-order valence-electron chi connectivity index (χ2n) is 1.51. The summed E-state index contributed by atoms with van der Waals surface area (Å²) in [6, 6.07) is 1.66. The van der Waals surface area contributed by atoms with E-state index in [1.165, 1.54) is 0 Å². The van der Waals surface area contributed by atoms with Gasteiger partial charge in [-0.1, -0.05) is 34.8 Å². The third-order valence-electron chi connectivity index (χ3n) is 0.846. The predicted molar refractivity (Wildman–Crippen MR) is 38.9 cm³/mol. The molecule has 0 saturated heterocycles. The number of hydrogen-bond donors (Lipinski definition) is 1. The zero-order valence-corrected chi connectivity index (χ0v) is 6.56. The predicted octanol–water partition coefficient (Wildman–Crippen LogP) is 2.64. The molecule has 0 aliphatic rings. The van der Waals surface area contributed by atoms with E-state index in [1.807, 2.05) is 0 Å². The Bertz CT molecular complexity index is 175. The van der Waals surface area contributed by atoms with Crippen LogP contribution in [0.4, 0.5) is 0 Å². The number of nitrogens with one attached hydrogen (secondary N) is 1. The summed E-state index contributed by atoms with van der Waals surface area (Å²) in [4.78, 5) is 2.66. The average molecular weight is 183 g/mol. The van der Waals surface area contributed by atoms with Crippen LogP contribution in [-0.4, -0.2) is 4.98 Å². The van der Waals surface area contributed by atoms with Crippen LogP contribution in [0.5, 0.6) is 0 Å². The fourth-order valence-electron chi connectivity index (χ4n) is 0.451. The fraction of sp³-hybridized carbons (Fsp3) is 0.200. The smallest absolute Gasteiger partial charge is 0.218 e. The molecule has 0 unspecified atom stereocenters. The zero-order valence-electron chi connectivity index (χ0n) is 4.29. The molecule has 9 heavy (non-hydrogen) atoms. The highest BCUT2D eigenvalue weighted by molar-refractivity contribution is 6.66. The minimum Gasteiger partial charge on any atom is -0.360 e. The fourth-order valence-corrected chi connectivity index (χ4v) is 0.782. The number of alkyl halides is 3. The molecule has 0 aliphatic carbocycles. The van der Waals surface area contributed by atoms with Crippen LogP contribution in [0.3, 0.4) is 0 Å². The van der Waals surface area contributed by atoms with Gasteiger partial charge in [-0.3, -0.25) is 0 Å². The minimum absolute atomic E-state index is 0.535. The second-order valence-corrected chi connectivity index (χ2v) is 3.80. The molecule has 1 N–H and O–H groups in total. The van der Waals surface area contributed by atoms with Crippen LogP contribution in [-0.2, 0) is 3.79 Å². The molecule has 0 bridgehead atoms. The van der Waals surface area contributed by atoms with Gasteiger partial charge in [0.05, 0.1) is 6.20 Å². The van der Waals surface area contributed by atoms with Gasteiger partial charge in [-0.25, -0.2) is 0 Å². The van der Waals surface area contributed by atoms with Crippen LogP contribution in [0.2, 0.25) is 0 Å². The lowest BCUT2D eigenvalue weighted by molar-refractivity contribution is 1.23. The largest absolute Gasteiger partial charge is 0.360 e. The summed E-state index contributed by atoms with van der Waals surface area (Å²) in [5, 5.41) is 0. The van der Waals surface area contributed by atoms with E-state index in [9.17, 15) is 0 Å². The zero-order chi connectivity index (χ0) is 6.91. The number of halogens is 3. The van der Waals surface area contributed by atoms with Crippen molar-refractivity contribution in [2.24, 2.45) is 0 Å². The molecule has 1 nitrogen and oxygen atoms in total. The van der Waals surface area contributed by atoms with Crippen molar-refractivity contribution >= 4 is 34.8 Å². The summed E-state index contributed by atoms with van der Waals surface area (Å²) in [5.41, 5.74) is 0.535. The number of aromatic nitrogens is 1. The lowest BCUT2D eigenvalue weighted by Gasteiger charge is -2.05. The van der Waals surface area contributed by atoms with Crippen molar-refractivity contribution in [2.75, 3.05) is 0 Å². The normalized spacial score (nSPS) is 11.9. The van der Waals surface area contributed by atoms with Crippen LogP contribution in [0.1, 0.15) is 5.56 Å². The molecule has 1 aromatic rings. The van der Waals surface area contributed by atoms with E-state index in [0.717, 1.165) is 0 Å². The van der Waals surface area contributed by atoms with Gasteiger partial charge in [-0.2, -0.15) is 0 Å². The van der Waals surface area contributed by atoms with E-state index in [1.54, 1.807) is 12.3 Å². The molecule has 0 atom stereocenters. The first-order chi connectivity index (χ1) is 4.11. The maximum Gasteiger partial charge on any atom is 0.218 e. The first-order valence-corrected chi connectivity index (χ1v) is 3.36. The Morgan fingerprint density at radius 1 is 1.44 bits per heavy atom. The summed E-state index contributed by atoms with van der Waals surface area (Å²) in [6.07, 6.45) is 4.31. The van der Waals surface area contributed by atoms with Gasteiger partial charge in [0.1, 0.15) is 0 Å². The topological polar surface area (TPSA) is 15.8 Å². The van der Waals surface area contributed by atoms with E-state index in [-0.39, 0.29) is 0 Å². The van der Waals surface area contributed by atoms with Gasteiger partial charge in [-0.05, 0) is 6.07 Å². The second kappa shape index (κ2) is 2.41. The highest BCUT2D eigenvalue weighted by Gasteiger charge is 2.22. The van der Waals surface area contributed by atoms with Crippen molar-refractivity contribution < 1.29 is 0 Å². The molecular formula is C5H3Cl3N. The van der Waals surface area contributed by atoms with E-state index >= 15 is 0 Å². The summed E-state index contributed by atoms with van der Waals surface area (Å²) in [5.74, 6) is 0. The Labute approximate surface area is 67.9 Å². The van der Waals surface area contributed by atoms with Crippen LogP contribution in [0.25, 0.3) is 0 Å². The molecule has 0 aliphatic heterocycles. The Kier molecular flexibility index (Phi) is 1.94. The third-order valence-corrected chi connectivity index (χ3v) is 1.46. The molecule has 0 spiro atoms. The van der Waals surface area contributed by atoms with Crippen molar-refractivity contribution in [3.05, 3.63) is 24.0 Å². The number of aromatic amines is 1. The highest BCUT2D eigenvalue weighted by atomic mass is 35.6. The average Bonchev–Trinajstić information content (AvgIpc) is 2.08. The van der Waals surface area contributed by atoms with Crippen molar-refractivity contribution in [2.45, 2.75) is 3.79 Å². The van der Waals surface area contributed by atoms with Gasteiger partial charge >= 0.3 is 0 Å². The summed E-state index contributed by atoms with van der Waals surface area (Å²) in [7, 11) is 0. The molecule has 0 aromatic carbocycles. The summed E-state index contributed by atoms with van der Waals surface area (Å²) >= 11 is 16.4.